The van der Waals surface area contributed by atoms with Gasteiger partial charge in [0.2, 0.25) is 11.8 Å². The number of carbonyl (C=O) groups excluding carboxylic acids is 4. The highest BCUT2D eigenvalue weighted by Crippen LogP contribution is 2.20. The van der Waals surface area contributed by atoms with E-state index in [9.17, 15) is 19.2 Å². The van der Waals surface area contributed by atoms with Crippen LogP contribution >= 0.6 is 0 Å². The number of Topliss-reactive ketones (excluding diaryl/α,β-unsaturated/α-hetero) is 2. The quantitative estimate of drug-likeness (QED) is 0.636. The molecule has 6 nitrogen and oxygen atoms in total. The predicted molar refractivity (Wildman–Crippen MR) is 59.0 cm³/mol. The highest BCUT2D eigenvalue weighted by atomic mass is 16.2. The summed E-state index contributed by atoms with van der Waals surface area (Å²) in [6.45, 7) is 1.25. The molecule has 0 radical (unpaired) electrons. The Morgan fingerprint density at radius 2 is 1.65 bits per heavy atom. The number of amides is 2. The smallest absolute Gasteiger partial charge is 0.226 e. The number of carbonyl (C=O) groups is 4. The second kappa shape index (κ2) is 5.07. The first-order valence-corrected chi connectivity index (χ1v) is 5.36. The summed E-state index contributed by atoms with van der Waals surface area (Å²) >= 11 is 0. The molecule has 2 amide bonds. The maximum Gasteiger partial charge on any atom is 0.226 e. The zero-order valence-electron chi connectivity index (χ0n) is 10.1. The molecule has 0 unspecified atom stereocenters. The van der Waals surface area contributed by atoms with E-state index in [0.717, 1.165) is 0 Å². The molecular formula is C11H16N2O4. The zero-order valence-corrected chi connectivity index (χ0v) is 10.1. The van der Waals surface area contributed by atoms with Crippen molar-refractivity contribution in [3.8, 4) is 0 Å². The number of hydrogen-bond acceptors (Lipinski definition) is 4. The molecule has 1 rings (SSSR count). The topological polar surface area (TPSA) is 83.6 Å². The van der Waals surface area contributed by atoms with Gasteiger partial charge in [0.15, 0.2) is 11.6 Å². The third-order valence-corrected chi connectivity index (χ3v) is 2.68. The van der Waals surface area contributed by atoms with Crippen LogP contribution in [0.4, 0.5) is 0 Å². The average molecular weight is 240 g/mol. The first-order chi connectivity index (χ1) is 7.82. The van der Waals surface area contributed by atoms with Crippen molar-refractivity contribution in [3.63, 3.8) is 0 Å². The maximum absolute atomic E-state index is 11.7. The van der Waals surface area contributed by atoms with Crippen LogP contribution in [0.15, 0.2) is 0 Å². The standard InChI is InChI=1S/C11H16N2O4/c1-6(14)12-10-8(15)4-7(5-9(10)16)11(17)13(2)3/h7,10H,4-5H2,1-3H3,(H,12,14). The second-order valence-electron chi connectivity index (χ2n) is 4.40. The van der Waals surface area contributed by atoms with Crippen LogP contribution in [0, 0.1) is 5.92 Å². The molecule has 1 aliphatic carbocycles. The molecule has 94 valence electrons. The lowest BCUT2D eigenvalue weighted by molar-refractivity contribution is -0.144. The van der Waals surface area contributed by atoms with E-state index >= 15 is 0 Å². The molecule has 6 heteroatoms. The highest BCUT2D eigenvalue weighted by molar-refractivity contribution is 6.12. The largest absolute Gasteiger partial charge is 0.349 e. The van der Waals surface area contributed by atoms with Crippen LogP contribution < -0.4 is 5.32 Å². The molecule has 0 bridgehead atoms. The number of rotatable bonds is 2. The fourth-order valence-electron chi connectivity index (χ4n) is 1.88. The molecule has 0 saturated heterocycles. The van der Waals surface area contributed by atoms with Crippen LogP contribution in [-0.4, -0.2) is 48.4 Å². The normalized spacial score (nSPS) is 24.4. The van der Waals surface area contributed by atoms with Gasteiger partial charge >= 0.3 is 0 Å². The predicted octanol–water partition coefficient (Wildman–Crippen LogP) is -0.873. The lowest BCUT2D eigenvalue weighted by Gasteiger charge is -2.27. The summed E-state index contributed by atoms with van der Waals surface area (Å²) in [5.74, 6) is -2.02. The Morgan fingerprint density at radius 3 is 2.00 bits per heavy atom. The van der Waals surface area contributed by atoms with Gasteiger partial charge in [-0.3, -0.25) is 19.2 Å². The van der Waals surface area contributed by atoms with Gasteiger partial charge in [0.05, 0.1) is 5.92 Å². The summed E-state index contributed by atoms with van der Waals surface area (Å²) in [5.41, 5.74) is 0. The van der Waals surface area contributed by atoms with Gasteiger partial charge in [0, 0.05) is 33.9 Å². The second-order valence-corrected chi connectivity index (χ2v) is 4.40. The first kappa shape index (κ1) is 13.3. The van der Waals surface area contributed by atoms with E-state index in [1.165, 1.54) is 11.8 Å². The van der Waals surface area contributed by atoms with E-state index in [1.54, 1.807) is 14.1 Å². The molecule has 0 aromatic rings. The molecule has 1 fully saturated rings. The Bertz CT molecular complexity index is 358. The molecule has 0 atom stereocenters. The van der Waals surface area contributed by atoms with E-state index in [2.05, 4.69) is 5.32 Å². The van der Waals surface area contributed by atoms with Crippen molar-refractivity contribution in [2.24, 2.45) is 5.92 Å². The Balaban J connectivity index is 2.74. The summed E-state index contributed by atoms with van der Waals surface area (Å²) in [6, 6.07) is -1.07. The molecule has 0 heterocycles. The van der Waals surface area contributed by atoms with Crippen molar-refractivity contribution < 1.29 is 19.2 Å². The van der Waals surface area contributed by atoms with Crippen molar-refractivity contribution in [2.45, 2.75) is 25.8 Å². The van der Waals surface area contributed by atoms with Crippen LogP contribution in [0.3, 0.4) is 0 Å². The maximum atomic E-state index is 11.7. The molecular weight excluding hydrogens is 224 g/mol. The van der Waals surface area contributed by atoms with Gasteiger partial charge in [-0.15, -0.1) is 0 Å². The fraction of sp³-hybridized carbons (Fsp3) is 0.636. The summed E-state index contributed by atoms with van der Waals surface area (Å²) in [7, 11) is 3.16. The molecule has 17 heavy (non-hydrogen) atoms. The Morgan fingerprint density at radius 1 is 1.18 bits per heavy atom. The third-order valence-electron chi connectivity index (χ3n) is 2.68. The first-order valence-electron chi connectivity index (χ1n) is 5.36. The van der Waals surface area contributed by atoms with Crippen LogP contribution in [0.1, 0.15) is 19.8 Å². The van der Waals surface area contributed by atoms with Crippen LogP contribution in [0.25, 0.3) is 0 Å². The summed E-state index contributed by atoms with van der Waals surface area (Å²) in [5, 5.41) is 2.31. The van der Waals surface area contributed by atoms with Gasteiger partial charge in [0.1, 0.15) is 6.04 Å². The minimum Gasteiger partial charge on any atom is -0.349 e. The van der Waals surface area contributed by atoms with E-state index in [1.807, 2.05) is 0 Å². The molecule has 0 aliphatic heterocycles. The number of hydrogen-bond donors (Lipinski definition) is 1. The van der Waals surface area contributed by atoms with E-state index in [-0.39, 0.29) is 18.7 Å². The van der Waals surface area contributed by atoms with E-state index < -0.39 is 29.4 Å². The minimum atomic E-state index is -1.07. The van der Waals surface area contributed by atoms with E-state index in [0.29, 0.717) is 0 Å². The molecule has 0 aromatic carbocycles. The van der Waals surface area contributed by atoms with Crippen molar-refractivity contribution in [3.05, 3.63) is 0 Å². The number of nitrogens with zero attached hydrogens (tertiary/aromatic N) is 1. The Labute approximate surface area is 99.3 Å². The molecule has 1 aliphatic rings. The Hall–Kier alpha value is -1.72. The molecule has 1 saturated carbocycles. The average Bonchev–Trinajstić information content (AvgIpc) is 2.21. The van der Waals surface area contributed by atoms with Crippen molar-refractivity contribution in [2.75, 3.05) is 14.1 Å². The molecule has 1 N–H and O–H groups in total. The summed E-state index contributed by atoms with van der Waals surface area (Å²) in [4.78, 5) is 47.2. The van der Waals surface area contributed by atoms with Gasteiger partial charge in [-0.2, -0.15) is 0 Å². The summed E-state index contributed by atoms with van der Waals surface area (Å²) in [6.07, 6.45) is 0.0153. The van der Waals surface area contributed by atoms with Crippen LogP contribution in [0.5, 0.6) is 0 Å². The molecule has 0 spiro atoms. The monoisotopic (exact) mass is 240 g/mol. The zero-order chi connectivity index (χ0) is 13.2. The van der Waals surface area contributed by atoms with Crippen LogP contribution in [0.2, 0.25) is 0 Å². The fourth-order valence-corrected chi connectivity index (χ4v) is 1.88. The SMILES string of the molecule is CC(=O)NC1C(=O)CC(C(=O)N(C)C)CC1=O. The minimum absolute atomic E-state index is 0.00764. The van der Waals surface area contributed by atoms with Crippen molar-refractivity contribution in [1.82, 2.24) is 10.2 Å². The van der Waals surface area contributed by atoms with Crippen molar-refractivity contribution in [1.29, 1.82) is 0 Å². The van der Waals surface area contributed by atoms with Gasteiger partial charge in [-0.25, -0.2) is 0 Å². The lowest BCUT2D eigenvalue weighted by Crippen LogP contribution is -2.51. The lowest BCUT2D eigenvalue weighted by atomic mass is 9.83. The summed E-state index contributed by atoms with van der Waals surface area (Å²) < 4.78 is 0. The van der Waals surface area contributed by atoms with Gasteiger partial charge in [-0.05, 0) is 0 Å². The van der Waals surface area contributed by atoms with Gasteiger partial charge in [-0.1, -0.05) is 0 Å². The van der Waals surface area contributed by atoms with Gasteiger partial charge in [0.25, 0.3) is 0 Å². The number of nitrogens with one attached hydrogen (secondary N) is 1. The highest BCUT2D eigenvalue weighted by Gasteiger charge is 2.39. The number of ketones is 2. The molecule has 0 aromatic heterocycles. The van der Waals surface area contributed by atoms with Crippen LogP contribution in [-0.2, 0) is 19.2 Å². The van der Waals surface area contributed by atoms with Gasteiger partial charge < -0.3 is 10.2 Å². The van der Waals surface area contributed by atoms with E-state index in [4.69, 9.17) is 0 Å². The van der Waals surface area contributed by atoms with Crippen molar-refractivity contribution >= 4 is 23.4 Å². The third kappa shape index (κ3) is 3.12. The Kier molecular flexibility index (Phi) is 3.98.